The molecule has 0 aromatic rings. The van der Waals surface area contributed by atoms with Crippen molar-refractivity contribution in [1.29, 1.82) is 0 Å². The van der Waals surface area contributed by atoms with Gasteiger partial charge in [-0.3, -0.25) is 4.79 Å². The number of carbonyl (C=O) groups is 1. The monoisotopic (exact) mass is 299 g/mol. The van der Waals surface area contributed by atoms with Crippen molar-refractivity contribution in [3.63, 3.8) is 0 Å². The van der Waals surface area contributed by atoms with Gasteiger partial charge >= 0.3 is 5.97 Å². The summed E-state index contributed by atoms with van der Waals surface area (Å²) >= 11 is 0. The number of carbonyl (C=O) groups excluding carboxylic acids is 1. The van der Waals surface area contributed by atoms with Crippen molar-refractivity contribution in [2.24, 2.45) is 0 Å². The zero-order chi connectivity index (χ0) is 15.6. The van der Waals surface area contributed by atoms with Gasteiger partial charge in [-0.05, 0) is 32.2 Å². The summed E-state index contributed by atoms with van der Waals surface area (Å²) in [5.74, 6) is -0.0662. The van der Waals surface area contributed by atoms with Gasteiger partial charge in [0.25, 0.3) is 0 Å². The molecular formula is C17H33NO3. The number of aliphatic hydroxyl groups excluding tert-OH is 1. The summed E-state index contributed by atoms with van der Waals surface area (Å²) < 4.78 is 5.17. The van der Waals surface area contributed by atoms with Gasteiger partial charge in [-0.2, -0.15) is 0 Å². The highest BCUT2D eigenvalue weighted by molar-refractivity contribution is 5.69. The molecule has 0 aliphatic carbocycles. The standard InChI is InChI=1S/C17H33NO3/c1-2-3-4-8-11-16-21-17(20)12-9-6-5-7-10-13-18-14-15-19/h4,8,18-19H,2-3,5-7,9-16H2,1H3/b8-4-. The minimum absolute atomic E-state index is 0.0662. The molecule has 0 radical (unpaired) electrons. The average Bonchev–Trinajstić information content (AvgIpc) is 2.49. The number of esters is 1. The van der Waals surface area contributed by atoms with Crippen LogP contribution in [0.3, 0.4) is 0 Å². The Morgan fingerprint density at radius 2 is 1.76 bits per heavy atom. The molecule has 0 fully saturated rings. The highest BCUT2D eigenvalue weighted by Gasteiger charge is 2.01. The van der Waals surface area contributed by atoms with E-state index < -0.39 is 0 Å². The minimum Gasteiger partial charge on any atom is -0.465 e. The molecule has 0 saturated carbocycles. The Bertz CT molecular complexity index is 254. The molecule has 0 atom stereocenters. The number of nitrogens with one attached hydrogen (secondary N) is 1. The van der Waals surface area contributed by atoms with E-state index in [2.05, 4.69) is 24.4 Å². The third-order valence-corrected chi connectivity index (χ3v) is 3.19. The van der Waals surface area contributed by atoms with E-state index in [9.17, 15) is 4.79 Å². The first-order chi connectivity index (χ1) is 10.3. The van der Waals surface area contributed by atoms with Crippen LogP contribution in [0, 0.1) is 0 Å². The van der Waals surface area contributed by atoms with Crippen molar-refractivity contribution in [3.8, 4) is 0 Å². The first kappa shape index (κ1) is 20.1. The van der Waals surface area contributed by atoms with Gasteiger partial charge in [0.1, 0.15) is 0 Å². The molecular weight excluding hydrogens is 266 g/mol. The topological polar surface area (TPSA) is 58.6 Å². The molecule has 4 heteroatoms. The second-order valence-electron chi connectivity index (χ2n) is 5.26. The van der Waals surface area contributed by atoms with E-state index in [-0.39, 0.29) is 12.6 Å². The van der Waals surface area contributed by atoms with Crippen LogP contribution in [-0.2, 0) is 9.53 Å². The first-order valence-electron chi connectivity index (χ1n) is 8.43. The lowest BCUT2D eigenvalue weighted by Crippen LogP contribution is -2.19. The zero-order valence-electron chi connectivity index (χ0n) is 13.6. The number of ether oxygens (including phenoxy) is 1. The zero-order valence-corrected chi connectivity index (χ0v) is 13.6. The summed E-state index contributed by atoms with van der Waals surface area (Å²) in [6.07, 6.45) is 13.3. The molecule has 124 valence electrons. The van der Waals surface area contributed by atoms with E-state index in [1.807, 2.05) is 0 Å². The van der Waals surface area contributed by atoms with Crippen molar-refractivity contribution < 1.29 is 14.6 Å². The summed E-state index contributed by atoms with van der Waals surface area (Å²) in [6.45, 7) is 4.51. The number of rotatable bonds is 15. The van der Waals surface area contributed by atoms with Gasteiger partial charge in [0.2, 0.25) is 0 Å². The SMILES string of the molecule is CCC/C=C\CCOC(=O)CCCCCCCNCCO. The normalized spacial score (nSPS) is 11.1. The Hall–Kier alpha value is -0.870. The maximum Gasteiger partial charge on any atom is 0.305 e. The molecule has 0 aliphatic rings. The minimum atomic E-state index is -0.0662. The van der Waals surface area contributed by atoms with Crippen molar-refractivity contribution in [2.75, 3.05) is 26.3 Å². The van der Waals surface area contributed by atoms with Gasteiger partial charge in [0.05, 0.1) is 13.2 Å². The van der Waals surface area contributed by atoms with Crippen LogP contribution >= 0.6 is 0 Å². The van der Waals surface area contributed by atoms with E-state index in [1.54, 1.807) is 0 Å². The molecule has 0 aliphatic heterocycles. The number of hydrogen-bond donors (Lipinski definition) is 2. The summed E-state index contributed by atoms with van der Waals surface area (Å²) in [6, 6.07) is 0. The lowest BCUT2D eigenvalue weighted by atomic mass is 10.1. The van der Waals surface area contributed by atoms with Crippen LogP contribution in [0.1, 0.15) is 64.7 Å². The molecule has 0 amide bonds. The molecule has 0 aromatic heterocycles. The maximum absolute atomic E-state index is 11.5. The molecule has 21 heavy (non-hydrogen) atoms. The second-order valence-corrected chi connectivity index (χ2v) is 5.26. The largest absolute Gasteiger partial charge is 0.465 e. The number of hydrogen-bond acceptors (Lipinski definition) is 4. The number of unbranched alkanes of at least 4 members (excludes halogenated alkanes) is 5. The van der Waals surface area contributed by atoms with Gasteiger partial charge in [-0.1, -0.05) is 44.8 Å². The van der Waals surface area contributed by atoms with Gasteiger partial charge in [0.15, 0.2) is 0 Å². The molecule has 0 bridgehead atoms. The van der Waals surface area contributed by atoms with Crippen LogP contribution in [0.2, 0.25) is 0 Å². The van der Waals surface area contributed by atoms with Crippen molar-refractivity contribution in [3.05, 3.63) is 12.2 Å². The predicted octanol–water partition coefficient (Wildman–Crippen LogP) is 3.20. The molecule has 4 nitrogen and oxygen atoms in total. The van der Waals surface area contributed by atoms with Crippen molar-refractivity contribution in [2.45, 2.75) is 64.7 Å². The van der Waals surface area contributed by atoms with Crippen LogP contribution in [0.4, 0.5) is 0 Å². The fourth-order valence-electron chi connectivity index (χ4n) is 1.97. The Labute approximate surface area is 130 Å². The van der Waals surface area contributed by atoms with E-state index in [0.29, 0.717) is 19.6 Å². The lowest BCUT2D eigenvalue weighted by molar-refractivity contribution is -0.143. The number of allylic oxidation sites excluding steroid dienone is 1. The molecule has 0 spiro atoms. The fraction of sp³-hybridized carbons (Fsp3) is 0.824. The third-order valence-electron chi connectivity index (χ3n) is 3.19. The Balaban J connectivity index is 3.19. The fourth-order valence-corrected chi connectivity index (χ4v) is 1.97. The quantitative estimate of drug-likeness (QED) is 0.277. The molecule has 0 saturated heterocycles. The van der Waals surface area contributed by atoms with E-state index in [1.165, 1.54) is 6.42 Å². The second kappa shape index (κ2) is 17.2. The molecule has 0 aromatic carbocycles. The molecule has 0 unspecified atom stereocenters. The van der Waals surface area contributed by atoms with Crippen LogP contribution in [0.25, 0.3) is 0 Å². The Morgan fingerprint density at radius 3 is 2.52 bits per heavy atom. The van der Waals surface area contributed by atoms with E-state index in [4.69, 9.17) is 9.84 Å². The molecule has 0 rings (SSSR count). The Morgan fingerprint density at radius 1 is 1.05 bits per heavy atom. The summed E-state index contributed by atoms with van der Waals surface area (Å²) in [5.41, 5.74) is 0. The van der Waals surface area contributed by atoms with Gasteiger partial charge in [-0.15, -0.1) is 0 Å². The van der Waals surface area contributed by atoms with Crippen LogP contribution in [-0.4, -0.2) is 37.4 Å². The van der Waals surface area contributed by atoms with Gasteiger partial charge in [0, 0.05) is 13.0 Å². The highest BCUT2D eigenvalue weighted by Crippen LogP contribution is 2.06. The van der Waals surface area contributed by atoms with E-state index in [0.717, 1.165) is 51.5 Å². The first-order valence-corrected chi connectivity index (χ1v) is 8.43. The molecule has 0 heterocycles. The molecule has 2 N–H and O–H groups in total. The summed E-state index contributed by atoms with van der Waals surface area (Å²) in [7, 11) is 0. The maximum atomic E-state index is 11.5. The third kappa shape index (κ3) is 17.1. The average molecular weight is 299 g/mol. The van der Waals surface area contributed by atoms with Crippen molar-refractivity contribution in [1.82, 2.24) is 5.32 Å². The highest BCUT2D eigenvalue weighted by atomic mass is 16.5. The van der Waals surface area contributed by atoms with Crippen LogP contribution < -0.4 is 5.32 Å². The lowest BCUT2D eigenvalue weighted by Gasteiger charge is -2.04. The van der Waals surface area contributed by atoms with Gasteiger partial charge in [-0.25, -0.2) is 0 Å². The van der Waals surface area contributed by atoms with E-state index >= 15 is 0 Å². The van der Waals surface area contributed by atoms with Crippen molar-refractivity contribution >= 4 is 5.97 Å². The smallest absolute Gasteiger partial charge is 0.305 e. The Kier molecular flexibility index (Phi) is 16.5. The summed E-state index contributed by atoms with van der Waals surface area (Å²) in [4.78, 5) is 11.5. The summed E-state index contributed by atoms with van der Waals surface area (Å²) in [5, 5.41) is 11.8. The van der Waals surface area contributed by atoms with Crippen LogP contribution in [0.5, 0.6) is 0 Å². The predicted molar refractivity (Wildman–Crippen MR) is 87.3 cm³/mol. The van der Waals surface area contributed by atoms with Crippen LogP contribution in [0.15, 0.2) is 12.2 Å². The number of aliphatic hydroxyl groups is 1. The van der Waals surface area contributed by atoms with Gasteiger partial charge < -0.3 is 15.2 Å².